The molecule has 0 radical (unpaired) electrons. The first kappa shape index (κ1) is 7.85. The average molecular weight is 153 g/mol. The van der Waals surface area contributed by atoms with Crippen LogP contribution in [0.3, 0.4) is 0 Å². The zero-order valence-electron chi connectivity index (χ0n) is 6.68. The molecule has 1 rings (SSSR count). The SMILES string of the molecule is CCc1c[nH]c(OC(C)=O)c1. The van der Waals surface area contributed by atoms with Gasteiger partial charge in [-0.25, -0.2) is 0 Å². The average Bonchev–Trinajstić information content (AvgIpc) is 2.34. The van der Waals surface area contributed by atoms with Crippen molar-refractivity contribution in [3.05, 3.63) is 17.8 Å². The number of hydrogen-bond acceptors (Lipinski definition) is 2. The van der Waals surface area contributed by atoms with Gasteiger partial charge in [-0.1, -0.05) is 6.92 Å². The summed E-state index contributed by atoms with van der Waals surface area (Å²) in [5, 5.41) is 0. The largest absolute Gasteiger partial charge is 0.410 e. The van der Waals surface area contributed by atoms with Crippen molar-refractivity contribution in [1.29, 1.82) is 0 Å². The van der Waals surface area contributed by atoms with E-state index in [-0.39, 0.29) is 5.97 Å². The zero-order chi connectivity index (χ0) is 8.27. The Morgan fingerprint density at radius 2 is 2.45 bits per heavy atom. The first-order valence-electron chi connectivity index (χ1n) is 3.58. The zero-order valence-corrected chi connectivity index (χ0v) is 6.68. The summed E-state index contributed by atoms with van der Waals surface area (Å²) in [6.45, 7) is 3.42. The molecule has 0 amide bonds. The molecule has 0 bridgehead atoms. The fourth-order valence-electron chi connectivity index (χ4n) is 0.833. The number of rotatable bonds is 2. The summed E-state index contributed by atoms with van der Waals surface area (Å²) >= 11 is 0. The third-order valence-corrected chi connectivity index (χ3v) is 1.38. The molecule has 0 aliphatic heterocycles. The maximum atomic E-state index is 10.5. The van der Waals surface area contributed by atoms with Gasteiger partial charge >= 0.3 is 5.97 Å². The third-order valence-electron chi connectivity index (χ3n) is 1.38. The summed E-state index contributed by atoms with van der Waals surface area (Å²) in [6.07, 6.45) is 2.77. The molecule has 0 atom stereocenters. The molecule has 1 aromatic heterocycles. The molecular formula is C8H11NO2. The van der Waals surface area contributed by atoms with E-state index in [9.17, 15) is 4.79 Å². The van der Waals surface area contributed by atoms with Crippen molar-refractivity contribution in [3.63, 3.8) is 0 Å². The first-order valence-corrected chi connectivity index (χ1v) is 3.58. The van der Waals surface area contributed by atoms with Crippen LogP contribution in [0, 0.1) is 0 Å². The van der Waals surface area contributed by atoms with Crippen molar-refractivity contribution in [2.24, 2.45) is 0 Å². The van der Waals surface area contributed by atoms with Gasteiger partial charge in [-0.2, -0.15) is 0 Å². The van der Waals surface area contributed by atoms with Gasteiger partial charge < -0.3 is 9.72 Å². The number of nitrogens with one attached hydrogen (secondary N) is 1. The summed E-state index contributed by atoms with van der Waals surface area (Å²) in [7, 11) is 0. The minimum absolute atomic E-state index is 0.297. The predicted octanol–water partition coefficient (Wildman–Crippen LogP) is 1.50. The molecule has 0 aromatic carbocycles. The quantitative estimate of drug-likeness (QED) is 0.654. The number of esters is 1. The Bertz CT molecular complexity index is 252. The Hall–Kier alpha value is -1.25. The van der Waals surface area contributed by atoms with E-state index in [0.717, 1.165) is 12.0 Å². The van der Waals surface area contributed by atoms with Crippen LogP contribution < -0.4 is 4.74 Å². The molecule has 0 aliphatic rings. The fraction of sp³-hybridized carbons (Fsp3) is 0.375. The maximum Gasteiger partial charge on any atom is 0.309 e. The van der Waals surface area contributed by atoms with Crippen molar-refractivity contribution in [3.8, 4) is 5.88 Å². The van der Waals surface area contributed by atoms with Crippen LogP contribution in [-0.4, -0.2) is 11.0 Å². The number of aromatic nitrogens is 1. The first-order chi connectivity index (χ1) is 5.22. The second-order valence-corrected chi connectivity index (χ2v) is 2.32. The number of aromatic amines is 1. The van der Waals surface area contributed by atoms with Crippen LogP contribution in [0.5, 0.6) is 5.88 Å². The summed E-state index contributed by atoms with van der Waals surface area (Å²) in [5.74, 6) is 0.226. The number of H-pyrrole nitrogens is 1. The van der Waals surface area contributed by atoms with Gasteiger partial charge in [0, 0.05) is 19.2 Å². The summed E-state index contributed by atoms with van der Waals surface area (Å²) in [6, 6.07) is 1.82. The highest BCUT2D eigenvalue weighted by atomic mass is 16.5. The highest BCUT2D eigenvalue weighted by Gasteiger charge is 1.99. The van der Waals surface area contributed by atoms with E-state index in [4.69, 9.17) is 4.74 Å². The van der Waals surface area contributed by atoms with Gasteiger partial charge in [-0.15, -0.1) is 0 Å². The normalized spacial score (nSPS) is 9.64. The summed E-state index contributed by atoms with van der Waals surface area (Å²) < 4.78 is 4.80. The number of carbonyl (C=O) groups excluding carboxylic acids is 1. The highest BCUT2D eigenvalue weighted by molar-refractivity contribution is 5.68. The molecule has 0 aliphatic carbocycles. The van der Waals surface area contributed by atoms with Crippen LogP contribution in [0.15, 0.2) is 12.3 Å². The smallest absolute Gasteiger partial charge is 0.309 e. The van der Waals surface area contributed by atoms with Crippen molar-refractivity contribution in [2.75, 3.05) is 0 Å². The van der Waals surface area contributed by atoms with E-state index in [1.165, 1.54) is 6.92 Å². The number of carbonyl (C=O) groups is 1. The van der Waals surface area contributed by atoms with Gasteiger partial charge in [0.1, 0.15) is 0 Å². The van der Waals surface area contributed by atoms with E-state index in [2.05, 4.69) is 4.98 Å². The van der Waals surface area contributed by atoms with Gasteiger partial charge in [0.25, 0.3) is 0 Å². The molecule has 0 fully saturated rings. The minimum Gasteiger partial charge on any atom is -0.410 e. The number of ether oxygens (including phenoxy) is 1. The fourth-order valence-corrected chi connectivity index (χ4v) is 0.833. The van der Waals surface area contributed by atoms with Crippen molar-refractivity contribution in [1.82, 2.24) is 4.98 Å². The lowest BCUT2D eigenvalue weighted by molar-refractivity contribution is -0.132. The minimum atomic E-state index is -0.297. The van der Waals surface area contributed by atoms with Crippen molar-refractivity contribution < 1.29 is 9.53 Å². The standard InChI is InChI=1S/C8H11NO2/c1-3-7-4-8(9-5-7)11-6(2)10/h4-5,9H,3H2,1-2H3. The van der Waals surface area contributed by atoms with Gasteiger partial charge in [-0.05, 0) is 12.0 Å². The topological polar surface area (TPSA) is 42.1 Å². The Balaban J connectivity index is 2.65. The Kier molecular flexibility index (Phi) is 2.31. The van der Waals surface area contributed by atoms with E-state index in [1.807, 2.05) is 19.2 Å². The third kappa shape index (κ3) is 2.11. The van der Waals surface area contributed by atoms with Gasteiger partial charge in [0.2, 0.25) is 5.88 Å². The molecule has 1 aromatic rings. The van der Waals surface area contributed by atoms with Crippen molar-refractivity contribution in [2.45, 2.75) is 20.3 Å². The second-order valence-electron chi connectivity index (χ2n) is 2.32. The number of hydrogen-bond donors (Lipinski definition) is 1. The molecule has 0 saturated carbocycles. The summed E-state index contributed by atoms with van der Waals surface area (Å²) in [5.41, 5.74) is 1.14. The van der Waals surface area contributed by atoms with Gasteiger partial charge in [0.05, 0.1) is 0 Å². The molecule has 60 valence electrons. The monoisotopic (exact) mass is 153 g/mol. The molecule has 1 N–H and O–H groups in total. The van der Waals surface area contributed by atoms with Crippen LogP contribution in [0.1, 0.15) is 19.4 Å². The lowest BCUT2D eigenvalue weighted by Gasteiger charge is -1.93. The molecule has 11 heavy (non-hydrogen) atoms. The molecule has 0 saturated heterocycles. The van der Waals surface area contributed by atoms with Crippen LogP contribution >= 0.6 is 0 Å². The van der Waals surface area contributed by atoms with Crippen LogP contribution in [0.4, 0.5) is 0 Å². The predicted molar refractivity (Wildman–Crippen MR) is 41.5 cm³/mol. The van der Waals surface area contributed by atoms with E-state index >= 15 is 0 Å². The molecule has 0 spiro atoms. The van der Waals surface area contributed by atoms with Gasteiger partial charge in [0.15, 0.2) is 0 Å². The second kappa shape index (κ2) is 3.23. The van der Waals surface area contributed by atoms with E-state index in [1.54, 1.807) is 0 Å². The molecule has 3 heteroatoms. The van der Waals surface area contributed by atoms with Crippen LogP contribution in [0.2, 0.25) is 0 Å². The lowest BCUT2D eigenvalue weighted by atomic mass is 10.3. The van der Waals surface area contributed by atoms with E-state index in [0.29, 0.717) is 5.88 Å². The maximum absolute atomic E-state index is 10.5. The number of aryl methyl sites for hydroxylation is 1. The molecule has 1 heterocycles. The Morgan fingerprint density at radius 3 is 2.91 bits per heavy atom. The molecule has 3 nitrogen and oxygen atoms in total. The molecule has 0 unspecified atom stereocenters. The molecular weight excluding hydrogens is 142 g/mol. The Labute approximate surface area is 65.4 Å². The lowest BCUT2D eigenvalue weighted by Crippen LogP contribution is -2.00. The van der Waals surface area contributed by atoms with Gasteiger partial charge in [-0.3, -0.25) is 4.79 Å². The van der Waals surface area contributed by atoms with Crippen LogP contribution in [0.25, 0.3) is 0 Å². The summed E-state index contributed by atoms with van der Waals surface area (Å²) in [4.78, 5) is 13.3. The van der Waals surface area contributed by atoms with Crippen molar-refractivity contribution >= 4 is 5.97 Å². The van der Waals surface area contributed by atoms with Crippen LogP contribution in [-0.2, 0) is 11.2 Å². The Morgan fingerprint density at radius 1 is 1.73 bits per heavy atom. The highest BCUT2D eigenvalue weighted by Crippen LogP contribution is 2.11. The van der Waals surface area contributed by atoms with E-state index < -0.39 is 0 Å².